The van der Waals surface area contributed by atoms with Crippen LogP contribution in [0.5, 0.6) is 0 Å². The van der Waals surface area contributed by atoms with Crippen molar-refractivity contribution in [1.29, 1.82) is 0 Å². The molecule has 0 amide bonds. The summed E-state index contributed by atoms with van der Waals surface area (Å²) in [6.07, 6.45) is 3.63. The van der Waals surface area contributed by atoms with E-state index in [0.717, 1.165) is 12.8 Å². The monoisotopic (exact) mass is 303 g/mol. The van der Waals surface area contributed by atoms with Gasteiger partial charge in [0.2, 0.25) is 0 Å². The number of hydrogen-bond acceptors (Lipinski definition) is 3. The number of benzene rings is 1. The molecule has 0 saturated carbocycles. The summed E-state index contributed by atoms with van der Waals surface area (Å²) in [5, 5.41) is 9.67. The Morgan fingerprint density at radius 3 is 2.95 bits per heavy atom. The average Bonchev–Trinajstić information content (AvgIpc) is 2.47. The number of aromatic nitrogens is 2. The van der Waals surface area contributed by atoms with Crippen molar-refractivity contribution in [3.8, 4) is 0 Å². The highest BCUT2D eigenvalue weighted by Gasteiger charge is 2.32. The number of aromatic amines is 1. The standard InChI is InChI=1S/C16H18ClN3O/c1-16(2)8-7-12(10-5-3-4-6-11(10)16)19-13-9-18-20-15(21)14(13)17/h3-6,9,12H,7-8H2,1-2H3,(H2,19,20,21). The Bertz CT molecular complexity index is 723. The Labute approximate surface area is 128 Å². The maximum atomic E-state index is 11.5. The van der Waals surface area contributed by atoms with Crippen molar-refractivity contribution in [2.45, 2.75) is 38.1 Å². The van der Waals surface area contributed by atoms with Gasteiger partial charge in [-0.3, -0.25) is 4.79 Å². The Kier molecular flexibility index (Phi) is 3.49. The van der Waals surface area contributed by atoms with Gasteiger partial charge in [0.25, 0.3) is 5.56 Å². The lowest BCUT2D eigenvalue weighted by molar-refractivity contribution is 0.406. The molecule has 1 aromatic carbocycles. The third kappa shape index (κ3) is 2.56. The molecule has 3 rings (SSSR count). The second-order valence-electron chi connectivity index (χ2n) is 6.13. The second-order valence-corrected chi connectivity index (χ2v) is 6.51. The van der Waals surface area contributed by atoms with Gasteiger partial charge in [-0.05, 0) is 29.4 Å². The van der Waals surface area contributed by atoms with Crippen LogP contribution in [0.3, 0.4) is 0 Å². The van der Waals surface area contributed by atoms with Crippen molar-refractivity contribution in [2.75, 3.05) is 5.32 Å². The molecule has 21 heavy (non-hydrogen) atoms. The highest BCUT2D eigenvalue weighted by atomic mass is 35.5. The summed E-state index contributed by atoms with van der Waals surface area (Å²) in [5.74, 6) is 0. The van der Waals surface area contributed by atoms with E-state index >= 15 is 0 Å². The Balaban J connectivity index is 1.98. The highest BCUT2D eigenvalue weighted by Crippen LogP contribution is 2.42. The van der Waals surface area contributed by atoms with Crippen LogP contribution >= 0.6 is 11.6 Å². The Morgan fingerprint density at radius 2 is 2.14 bits per heavy atom. The summed E-state index contributed by atoms with van der Waals surface area (Å²) in [5.41, 5.74) is 3.00. The molecule has 1 aliphatic rings. The number of hydrogen-bond donors (Lipinski definition) is 2. The van der Waals surface area contributed by atoms with E-state index in [-0.39, 0.29) is 22.0 Å². The average molecular weight is 304 g/mol. The quantitative estimate of drug-likeness (QED) is 0.890. The maximum Gasteiger partial charge on any atom is 0.285 e. The first-order valence-corrected chi connectivity index (χ1v) is 7.46. The van der Waals surface area contributed by atoms with Crippen molar-refractivity contribution in [3.05, 3.63) is 57.0 Å². The van der Waals surface area contributed by atoms with Gasteiger partial charge < -0.3 is 5.32 Å². The Hall–Kier alpha value is -1.81. The fourth-order valence-electron chi connectivity index (χ4n) is 3.03. The molecule has 1 heterocycles. The van der Waals surface area contributed by atoms with Crippen LogP contribution in [0.25, 0.3) is 0 Å². The molecule has 0 spiro atoms. The third-order valence-electron chi connectivity index (χ3n) is 4.25. The molecule has 5 heteroatoms. The number of halogens is 1. The molecule has 0 radical (unpaired) electrons. The molecule has 1 aromatic heterocycles. The molecule has 0 aliphatic heterocycles. The first kappa shape index (κ1) is 14.1. The zero-order valence-corrected chi connectivity index (χ0v) is 12.9. The molecule has 0 bridgehead atoms. The van der Waals surface area contributed by atoms with Gasteiger partial charge in [-0.15, -0.1) is 0 Å². The minimum absolute atomic E-state index is 0.148. The summed E-state index contributed by atoms with van der Waals surface area (Å²) in [7, 11) is 0. The highest BCUT2D eigenvalue weighted by molar-refractivity contribution is 6.32. The van der Waals surface area contributed by atoms with Crippen LogP contribution in [-0.2, 0) is 5.41 Å². The van der Waals surface area contributed by atoms with Crippen LogP contribution < -0.4 is 10.9 Å². The van der Waals surface area contributed by atoms with Crippen molar-refractivity contribution in [1.82, 2.24) is 10.2 Å². The fraction of sp³-hybridized carbons (Fsp3) is 0.375. The van der Waals surface area contributed by atoms with Gasteiger partial charge in [0.1, 0.15) is 5.02 Å². The van der Waals surface area contributed by atoms with Gasteiger partial charge >= 0.3 is 0 Å². The zero-order chi connectivity index (χ0) is 15.0. The van der Waals surface area contributed by atoms with E-state index in [1.54, 1.807) is 6.20 Å². The predicted octanol–water partition coefficient (Wildman–Crippen LogP) is 3.65. The molecule has 2 N–H and O–H groups in total. The molecule has 110 valence electrons. The summed E-state index contributed by atoms with van der Waals surface area (Å²) in [6.45, 7) is 4.54. The lowest BCUT2D eigenvalue weighted by Gasteiger charge is -2.37. The first-order valence-electron chi connectivity index (χ1n) is 7.08. The molecule has 1 unspecified atom stereocenters. The minimum Gasteiger partial charge on any atom is -0.376 e. The summed E-state index contributed by atoms with van der Waals surface area (Å²) < 4.78 is 0. The normalized spacial score (nSPS) is 19.9. The summed E-state index contributed by atoms with van der Waals surface area (Å²) in [6, 6.07) is 8.59. The number of rotatable bonds is 2. The van der Waals surface area contributed by atoms with Crippen molar-refractivity contribution < 1.29 is 0 Å². The molecule has 2 aromatic rings. The number of nitrogens with zero attached hydrogens (tertiary/aromatic N) is 1. The SMILES string of the molecule is CC1(C)CCC(Nc2cn[nH]c(=O)c2Cl)c2ccccc21. The van der Waals surface area contributed by atoms with Gasteiger partial charge in [-0.2, -0.15) is 5.10 Å². The van der Waals surface area contributed by atoms with E-state index in [1.165, 1.54) is 11.1 Å². The molecular weight excluding hydrogens is 286 g/mol. The summed E-state index contributed by atoms with van der Waals surface area (Å²) in [4.78, 5) is 11.5. The predicted molar refractivity (Wildman–Crippen MR) is 84.9 cm³/mol. The van der Waals surface area contributed by atoms with Crippen LogP contribution in [0, 0.1) is 0 Å². The van der Waals surface area contributed by atoms with Crippen molar-refractivity contribution in [3.63, 3.8) is 0 Å². The van der Waals surface area contributed by atoms with E-state index in [9.17, 15) is 4.79 Å². The minimum atomic E-state index is -0.369. The van der Waals surface area contributed by atoms with E-state index < -0.39 is 0 Å². The largest absolute Gasteiger partial charge is 0.376 e. The molecule has 0 fully saturated rings. The lowest BCUT2D eigenvalue weighted by Crippen LogP contribution is -2.29. The first-order chi connectivity index (χ1) is 9.99. The van der Waals surface area contributed by atoms with Crippen LogP contribution in [0.15, 0.2) is 35.3 Å². The van der Waals surface area contributed by atoms with Gasteiger partial charge in [0.05, 0.1) is 17.9 Å². The topological polar surface area (TPSA) is 57.8 Å². The smallest absolute Gasteiger partial charge is 0.285 e. The Morgan fingerprint density at radius 1 is 1.38 bits per heavy atom. The van der Waals surface area contributed by atoms with E-state index in [4.69, 9.17) is 11.6 Å². The fourth-order valence-corrected chi connectivity index (χ4v) is 3.18. The van der Waals surface area contributed by atoms with Crippen LogP contribution in [0.4, 0.5) is 5.69 Å². The maximum absolute atomic E-state index is 11.5. The number of anilines is 1. The second kappa shape index (κ2) is 5.19. The van der Waals surface area contributed by atoms with Crippen LogP contribution in [0.1, 0.15) is 43.9 Å². The zero-order valence-electron chi connectivity index (χ0n) is 12.1. The van der Waals surface area contributed by atoms with E-state index in [2.05, 4.69) is 47.6 Å². The van der Waals surface area contributed by atoms with Gasteiger partial charge in [0.15, 0.2) is 0 Å². The van der Waals surface area contributed by atoms with Gasteiger partial charge in [-0.25, -0.2) is 5.10 Å². The molecule has 0 saturated heterocycles. The number of fused-ring (bicyclic) bond motifs is 1. The molecule has 1 aliphatic carbocycles. The molecule has 4 nitrogen and oxygen atoms in total. The third-order valence-corrected chi connectivity index (χ3v) is 4.62. The number of nitrogens with one attached hydrogen (secondary N) is 2. The van der Waals surface area contributed by atoms with Crippen molar-refractivity contribution >= 4 is 17.3 Å². The lowest BCUT2D eigenvalue weighted by atomic mass is 9.71. The van der Waals surface area contributed by atoms with E-state index in [1.807, 2.05) is 6.07 Å². The summed E-state index contributed by atoms with van der Waals surface area (Å²) >= 11 is 6.05. The van der Waals surface area contributed by atoms with E-state index in [0.29, 0.717) is 5.69 Å². The molecular formula is C16H18ClN3O. The van der Waals surface area contributed by atoms with Gasteiger partial charge in [-0.1, -0.05) is 49.7 Å². The van der Waals surface area contributed by atoms with Gasteiger partial charge in [0, 0.05) is 0 Å². The van der Waals surface area contributed by atoms with Crippen molar-refractivity contribution in [2.24, 2.45) is 0 Å². The van der Waals surface area contributed by atoms with Crippen LogP contribution in [0.2, 0.25) is 5.02 Å². The van der Waals surface area contributed by atoms with Crippen LogP contribution in [-0.4, -0.2) is 10.2 Å². The molecule has 1 atom stereocenters. The number of H-pyrrole nitrogens is 1.